The first-order valence-corrected chi connectivity index (χ1v) is 9.47. The smallest absolute Gasteiger partial charge is 0.311 e. The van der Waals surface area contributed by atoms with Crippen molar-refractivity contribution in [3.05, 3.63) is 11.6 Å². The zero-order chi connectivity index (χ0) is 18.7. The fourth-order valence-electron chi connectivity index (χ4n) is 3.52. The maximum absolute atomic E-state index is 12.3. The van der Waals surface area contributed by atoms with Crippen LogP contribution in [0, 0.1) is 5.92 Å². The number of fused-ring (bicyclic) bond motifs is 1. The third-order valence-corrected chi connectivity index (χ3v) is 4.78. The van der Waals surface area contributed by atoms with E-state index < -0.39 is 5.60 Å². The fourth-order valence-corrected chi connectivity index (χ4v) is 3.52. The fraction of sp³-hybridized carbons (Fsp3) is 0.778. The predicted molar refractivity (Wildman–Crippen MR) is 114 cm³/mol. The number of guanidine groups is 1. The van der Waals surface area contributed by atoms with Crippen LogP contribution in [0.3, 0.4) is 0 Å². The molecule has 2 aliphatic rings. The maximum Gasteiger partial charge on any atom is 0.311 e. The number of aliphatic imine (C=N–C) groups is 1. The van der Waals surface area contributed by atoms with Crippen molar-refractivity contribution < 1.29 is 9.53 Å². The summed E-state index contributed by atoms with van der Waals surface area (Å²) in [5, 5.41) is 12.0. The van der Waals surface area contributed by atoms with Gasteiger partial charge in [0.25, 0.3) is 0 Å². The van der Waals surface area contributed by atoms with Crippen molar-refractivity contribution in [2.45, 2.75) is 65.1 Å². The Morgan fingerprint density at radius 2 is 2.07 bits per heavy atom. The van der Waals surface area contributed by atoms with E-state index in [1.807, 2.05) is 20.8 Å². The highest BCUT2D eigenvalue weighted by molar-refractivity contribution is 14.0. The number of nitrogens with one attached hydrogen (secondary N) is 1. The van der Waals surface area contributed by atoms with Gasteiger partial charge in [-0.2, -0.15) is 0 Å². The molecule has 1 atom stereocenters. The minimum Gasteiger partial charge on any atom is -0.460 e. The zero-order valence-corrected chi connectivity index (χ0v) is 19.0. The van der Waals surface area contributed by atoms with Gasteiger partial charge in [-0.3, -0.25) is 9.79 Å². The molecule has 9 heteroatoms. The summed E-state index contributed by atoms with van der Waals surface area (Å²) in [6.45, 7) is 8.70. The molecule has 8 nitrogen and oxygen atoms in total. The van der Waals surface area contributed by atoms with E-state index >= 15 is 0 Å². The molecule has 0 bridgehead atoms. The summed E-state index contributed by atoms with van der Waals surface area (Å²) in [4.78, 5) is 18.8. The van der Waals surface area contributed by atoms with Gasteiger partial charge < -0.3 is 19.5 Å². The molecule has 3 rings (SSSR count). The summed E-state index contributed by atoms with van der Waals surface area (Å²) in [5.41, 5.74) is -0.447. The SMILES string of the molecule is CN=C(NCc1nnc2n1CCCC2)N1CCC(C(=O)OC(C)(C)C)C1.I. The van der Waals surface area contributed by atoms with E-state index in [2.05, 4.69) is 30.0 Å². The third kappa shape index (κ3) is 5.55. The number of ether oxygens (including phenoxy) is 1. The number of carbonyl (C=O) groups is 1. The Kier molecular flexibility index (Phi) is 7.47. The Morgan fingerprint density at radius 1 is 1.30 bits per heavy atom. The Morgan fingerprint density at radius 3 is 2.78 bits per heavy atom. The van der Waals surface area contributed by atoms with Gasteiger partial charge in [0.15, 0.2) is 11.8 Å². The number of carbonyl (C=O) groups excluding carboxylic acids is 1. The van der Waals surface area contributed by atoms with Crippen molar-refractivity contribution in [2.75, 3.05) is 20.1 Å². The summed E-state index contributed by atoms with van der Waals surface area (Å²) in [5.74, 6) is 2.60. The number of esters is 1. The van der Waals surface area contributed by atoms with Crippen LogP contribution in [-0.2, 0) is 29.0 Å². The molecule has 27 heavy (non-hydrogen) atoms. The van der Waals surface area contributed by atoms with Gasteiger partial charge in [0.1, 0.15) is 11.4 Å². The lowest BCUT2D eigenvalue weighted by Gasteiger charge is -2.23. The van der Waals surface area contributed by atoms with Gasteiger partial charge >= 0.3 is 5.97 Å². The lowest BCUT2D eigenvalue weighted by atomic mass is 10.1. The quantitative estimate of drug-likeness (QED) is 0.302. The van der Waals surface area contributed by atoms with Crippen molar-refractivity contribution in [3.63, 3.8) is 0 Å². The minimum absolute atomic E-state index is 0. The number of hydrogen-bond acceptors (Lipinski definition) is 5. The highest BCUT2D eigenvalue weighted by Gasteiger charge is 2.33. The van der Waals surface area contributed by atoms with Crippen LogP contribution in [0.1, 0.15) is 51.7 Å². The van der Waals surface area contributed by atoms with Gasteiger partial charge in [-0.25, -0.2) is 0 Å². The van der Waals surface area contributed by atoms with Gasteiger partial charge in [0.05, 0.1) is 12.5 Å². The molecular weight excluding hydrogens is 459 g/mol. The first-order chi connectivity index (χ1) is 12.4. The topological polar surface area (TPSA) is 84.6 Å². The van der Waals surface area contributed by atoms with Crippen LogP contribution in [0.25, 0.3) is 0 Å². The Bertz CT molecular complexity index is 682. The predicted octanol–water partition coefficient (Wildman–Crippen LogP) is 1.97. The molecule has 1 aromatic rings. The van der Waals surface area contributed by atoms with Gasteiger partial charge in [-0.05, 0) is 40.0 Å². The van der Waals surface area contributed by atoms with E-state index in [9.17, 15) is 4.79 Å². The van der Waals surface area contributed by atoms with Crippen LogP contribution in [0.4, 0.5) is 0 Å². The second-order valence-corrected chi connectivity index (χ2v) is 8.01. The summed E-state index contributed by atoms with van der Waals surface area (Å²) >= 11 is 0. The largest absolute Gasteiger partial charge is 0.460 e. The summed E-state index contributed by atoms with van der Waals surface area (Å²) in [6, 6.07) is 0. The number of halogens is 1. The van der Waals surface area contributed by atoms with Crippen molar-refractivity contribution >= 4 is 35.9 Å². The molecule has 152 valence electrons. The normalized spacial score (nSPS) is 20.1. The van der Waals surface area contributed by atoms with E-state index in [-0.39, 0.29) is 35.9 Å². The average molecular weight is 490 g/mol. The number of aryl methyl sites for hydroxylation is 1. The average Bonchev–Trinajstić information content (AvgIpc) is 3.22. The number of hydrogen-bond donors (Lipinski definition) is 1. The lowest BCUT2D eigenvalue weighted by molar-refractivity contribution is -0.159. The van der Waals surface area contributed by atoms with E-state index in [0.29, 0.717) is 13.1 Å². The maximum atomic E-state index is 12.3. The van der Waals surface area contributed by atoms with Crippen LogP contribution in [0.5, 0.6) is 0 Å². The van der Waals surface area contributed by atoms with Crippen molar-refractivity contribution in [2.24, 2.45) is 10.9 Å². The molecule has 0 amide bonds. The number of aromatic nitrogens is 3. The first-order valence-electron chi connectivity index (χ1n) is 9.47. The zero-order valence-electron chi connectivity index (χ0n) is 16.7. The standard InChI is InChI=1S/C18H30N6O2.HI/c1-18(2,3)26-16(25)13-8-10-23(12-13)17(19-4)20-11-15-22-21-14-7-5-6-9-24(14)15;/h13H,5-12H2,1-4H3,(H,19,20);1H. The molecule has 2 aliphatic heterocycles. The van der Waals surface area contributed by atoms with E-state index in [0.717, 1.165) is 43.5 Å². The van der Waals surface area contributed by atoms with Gasteiger partial charge in [0.2, 0.25) is 0 Å². The van der Waals surface area contributed by atoms with Gasteiger partial charge in [0, 0.05) is 33.1 Å². The van der Waals surface area contributed by atoms with Crippen molar-refractivity contribution in [1.82, 2.24) is 25.0 Å². The number of rotatable bonds is 3. The van der Waals surface area contributed by atoms with Crippen molar-refractivity contribution in [1.29, 1.82) is 0 Å². The van der Waals surface area contributed by atoms with E-state index in [4.69, 9.17) is 4.74 Å². The molecule has 0 aromatic carbocycles. The molecular formula is C18H31IN6O2. The van der Waals surface area contributed by atoms with Gasteiger partial charge in [-0.15, -0.1) is 34.2 Å². The molecule has 3 heterocycles. The third-order valence-electron chi connectivity index (χ3n) is 4.78. The lowest BCUT2D eigenvalue weighted by Crippen LogP contribution is -2.41. The second kappa shape index (κ2) is 9.20. The summed E-state index contributed by atoms with van der Waals surface area (Å²) in [6.07, 6.45) is 4.16. The number of likely N-dealkylation sites (tertiary alicyclic amines) is 1. The molecule has 0 aliphatic carbocycles. The van der Waals surface area contributed by atoms with Gasteiger partial charge in [-0.1, -0.05) is 0 Å². The Hall–Kier alpha value is -1.39. The minimum atomic E-state index is -0.447. The molecule has 1 fully saturated rings. The number of nitrogens with zero attached hydrogens (tertiary/aromatic N) is 5. The molecule has 1 N–H and O–H groups in total. The second-order valence-electron chi connectivity index (χ2n) is 8.01. The van der Waals surface area contributed by atoms with Crippen LogP contribution in [0.2, 0.25) is 0 Å². The molecule has 1 saturated heterocycles. The summed E-state index contributed by atoms with van der Waals surface area (Å²) < 4.78 is 7.72. The van der Waals surface area contributed by atoms with E-state index in [1.54, 1.807) is 7.05 Å². The first kappa shape index (κ1) is 21.9. The monoisotopic (exact) mass is 490 g/mol. The highest BCUT2D eigenvalue weighted by Crippen LogP contribution is 2.21. The van der Waals surface area contributed by atoms with Crippen molar-refractivity contribution in [3.8, 4) is 0 Å². The molecule has 0 radical (unpaired) electrons. The summed E-state index contributed by atoms with van der Waals surface area (Å²) in [7, 11) is 1.77. The van der Waals surface area contributed by atoms with Crippen LogP contribution in [0.15, 0.2) is 4.99 Å². The molecule has 0 spiro atoms. The van der Waals surface area contributed by atoms with Crippen LogP contribution in [-0.4, -0.2) is 57.3 Å². The molecule has 1 aromatic heterocycles. The molecule has 0 saturated carbocycles. The van der Waals surface area contributed by atoms with Crippen LogP contribution < -0.4 is 5.32 Å². The highest BCUT2D eigenvalue weighted by atomic mass is 127. The molecule has 1 unspecified atom stereocenters. The van der Waals surface area contributed by atoms with Crippen LogP contribution >= 0.6 is 24.0 Å². The van der Waals surface area contributed by atoms with E-state index in [1.165, 1.54) is 12.8 Å². The Balaban J connectivity index is 0.00000261. The Labute approximate surface area is 178 Å².